The molecule has 1 saturated carbocycles. The highest BCUT2D eigenvalue weighted by Crippen LogP contribution is 2.20. The van der Waals surface area contributed by atoms with Crippen LogP contribution in [-0.4, -0.2) is 14.5 Å². The van der Waals surface area contributed by atoms with Gasteiger partial charge in [-0.05, 0) is 43.4 Å². The van der Waals surface area contributed by atoms with E-state index < -0.39 is 10.0 Å². The Bertz CT molecular complexity index is 487. The van der Waals surface area contributed by atoms with Crippen molar-refractivity contribution in [3.8, 4) is 0 Å². The SMILES string of the molecule is CCCCc1ccc(S(=O)(=O)NC2CCCC2)cc1. The summed E-state index contributed by atoms with van der Waals surface area (Å²) in [5, 5.41) is 0. The predicted octanol–water partition coefficient (Wildman–Crippen LogP) is 3.25. The Morgan fingerprint density at radius 3 is 2.37 bits per heavy atom. The fraction of sp³-hybridized carbons (Fsp3) is 0.600. The maximum absolute atomic E-state index is 12.2. The highest BCUT2D eigenvalue weighted by Gasteiger charge is 2.22. The van der Waals surface area contributed by atoms with Crippen LogP contribution in [-0.2, 0) is 16.4 Å². The van der Waals surface area contributed by atoms with Gasteiger partial charge in [0, 0.05) is 6.04 Å². The molecular weight excluding hydrogens is 258 g/mol. The number of benzene rings is 1. The maximum Gasteiger partial charge on any atom is 0.240 e. The molecule has 0 radical (unpaired) electrons. The Kier molecular flexibility index (Phi) is 4.99. The van der Waals surface area contributed by atoms with Gasteiger partial charge in [-0.3, -0.25) is 0 Å². The molecule has 19 heavy (non-hydrogen) atoms. The summed E-state index contributed by atoms with van der Waals surface area (Å²) in [5.41, 5.74) is 1.21. The highest BCUT2D eigenvalue weighted by molar-refractivity contribution is 7.89. The van der Waals surface area contributed by atoms with Crippen molar-refractivity contribution >= 4 is 10.0 Å². The average molecular weight is 281 g/mol. The summed E-state index contributed by atoms with van der Waals surface area (Å²) < 4.78 is 27.2. The molecule has 4 heteroatoms. The minimum absolute atomic E-state index is 0.129. The van der Waals surface area contributed by atoms with Crippen molar-refractivity contribution in [2.45, 2.75) is 62.8 Å². The molecule has 0 aliphatic heterocycles. The number of sulfonamides is 1. The molecule has 1 aliphatic rings. The van der Waals surface area contributed by atoms with Gasteiger partial charge in [0.15, 0.2) is 0 Å². The van der Waals surface area contributed by atoms with E-state index in [1.54, 1.807) is 12.1 Å². The minimum Gasteiger partial charge on any atom is -0.208 e. The van der Waals surface area contributed by atoms with Gasteiger partial charge in [-0.2, -0.15) is 0 Å². The molecule has 1 aromatic rings. The summed E-state index contributed by atoms with van der Waals surface area (Å²) >= 11 is 0. The van der Waals surface area contributed by atoms with E-state index in [0.717, 1.165) is 44.9 Å². The average Bonchev–Trinajstić information content (AvgIpc) is 2.89. The molecule has 0 saturated heterocycles. The number of rotatable bonds is 6. The zero-order chi connectivity index (χ0) is 13.7. The first kappa shape index (κ1) is 14.5. The second kappa shape index (κ2) is 6.53. The van der Waals surface area contributed by atoms with Crippen molar-refractivity contribution in [3.05, 3.63) is 29.8 Å². The van der Waals surface area contributed by atoms with Crippen LogP contribution in [0.1, 0.15) is 51.0 Å². The summed E-state index contributed by atoms with van der Waals surface area (Å²) in [6.07, 6.45) is 7.51. The zero-order valence-electron chi connectivity index (χ0n) is 11.6. The zero-order valence-corrected chi connectivity index (χ0v) is 12.4. The lowest BCUT2D eigenvalue weighted by atomic mass is 10.1. The Morgan fingerprint density at radius 1 is 1.16 bits per heavy atom. The van der Waals surface area contributed by atoms with Crippen molar-refractivity contribution in [1.29, 1.82) is 0 Å². The summed E-state index contributed by atoms with van der Waals surface area (Å²) in [6, 6.07) is 7.44. The summed E-state index contributed by atoms with van der Waals surface area (Å²) in [7, 11) is -3.33. The van der Waals surface area contributed by atoms with E-state index in [1.807, 2.05) is 12.1 Å². The largest absolute Gasteiger partial charge is 0.240 e. The summed E-state index contributed by atoms with van der Waals surface area (Å²) in [5.74, 6) is 0. The van der Waals surface area contributed by atoms with Crippen LogP contribution >= 0.6 is 0 Å². The molecule has 1 aliphatic carbocycles. The number of hydrogen-bond donors (Lipinski definition) is 1. The molecule has 2 rings (SSSR count). The Labute approximate surface area is 116 Å². The molecule has 0 heterocycles. The lowest BCUT2D eigenvalue weighted by Crippen LogP contribution is -2.32. The van der Waals surface area contributed by atoms with Crippen molar-refractivity contribution in [2.24, 2.45) is 0 Å². The summed E-state index contributed by atoms with van der Waals surface area (Å²) in [6.45, 7) is 2.16. The van der Waals surface area contributed by atoms with E-state index in [4.69, 9.17) is 0 Å². The maximum atomic E-state index is 12.2. The Morgan fingerprint density at radius 2 is 1.79 bits per heavy atom. The van der Waals surface area contributed by atoms with Crippen molar-refractivity contribution in [2.75, 3.05) is 0 Å². The van der Waals surface area contributed by atoms with Crippen LogP contribution < -0.4 is 4.72 Å². The quantitative estimate of drug-likeness (QED) is 0.870. The number of hydrogen-bond acceptors (Lipinski definition) is 2. The molecule has 3 nitrogen and oxygen atoms in total. The molecule has 0 spiro atoms. The van der Waals surface area contributed by atoms with Crippen LogP contribution in [0.4, 0.5) is 0 Å². The monoisotopic (exact) mass is 281 g/mol. The molecule has 0 bridgehead atoms. The third-order valence-electron chi connectivity index (χ3n) is 3.73. The fourth-order valence-corrected chi connectivity index (χ4v) is 3.85. The van der Waals surface area contributed by atoms with E-state index in [2.05, 4.69) is 11.6 Å². The fourth-order valence-electron chi connectivity index (χ4n) is 2.55. The topological polar surface area (TPSA) is 46.2 Å². The molecule has 0 atom stereocenters. The second-order valence-electron chi connectivity index (χ2n) is 5.35. The molecule has 0 amide bonds. The van der Waals surface area contributed by atoms with Crippen LogP contribution in [0.5, 0.6) is 0 Å². The van der Waals surface area contributed by atoms with Gasteiger partial charge in [-0.25, -0.2) is 13.1 Å². The van der Waals surface area contributed by atoms with Crippen molar-refractivity contribution in [1.82, 2.24) is 4.72 Å². The van der Waals surface area contributed by atoms with Crippen LogP contribution in [0, 0.1) is 0 Å². The predicted molar refractivity (Wildman–Crippen MR) is 77.6 cm³/mol. The second-order valence-corrected chi connectivity index (χ2v) is 7.06. The van der Waals surface area contributed by atoms with Crippen molar-refractivity contribution < 1.29 is 8.42 Å². The molecule has 1 aromatic carbocycles. The van der Waals surface area contributed by atoms with E-state index >= 15 is 0 Å². The van der Waals surface area contributed by atoms with Gasteiger partial charge in [0.2, 0.25) is 10.0 Å². The first-order valence-corrected chi connectivity index (χ1v) is 8.71. The first-order valence-electron chi connectivity index (χ1n) is 7.23. The van der Waals surface area contributed by atoms with E-state index in [1.165, 1.54) is 5.56 Å². The van der Waals surface area contributed by atoms with E-state index in [0.29, 0.717) is 4.90 Å². The van der Waals surface area contributed by atoms with Gasteiger partial charge < -0.3 is 0 Å². The Balaban J connectivity index is 2.03. The highest BCUT2D eigenvalue weighted by atomic mass is 32.2. The lowest BCUT2D eigenvalue weighted by Gasteiger charge is -2.12. The smallest absolute Gasteiger partial charge is 0.208 e. The van der Waals surface area contributed by atoms with Crippen LogP contribution in [0.15, 0.2) is 29.2 Å². The van der Waals surface area contributed by atoms with Crippen LogP contribution in [0.25, 0.3) is 0 Å². The molecule has 0 unspecified atom stereocenters. The van der Waals surface area contributed by atoms with Gasteiger partial charge in [0.05, 0.1) is 4.90 Å². The number of unbranched alkanes of at least 4 members (excludes halogenated alkanes) is 1. The summed E-state index contributed by atoms with van der Waals surface area (Å²) in [4.78, 5) is 0.389. The van der Waals surface area contributed by atoms with Gasteiger partial charge >= 0.3 is 0 Å². The third kappa shape index (κ3) is 4.05. The van der Waals surface area contributed by atoms with E-state index in [-0.39, 0.29) is 6.04 Å². The normalized spacial score (nSPS) is 16.9. The molecular formula is C15H23NO2S. The van der Waals surface area contributed by atoms with Gasteiger partial charge in [0.25, 0.3) is 0 Å². The molecule has 106 valence electrons. The minimum atomic E-state index is -3.33. The van der Waals surface area contributed by atoms with Gasteiger partial charge in [-0.1, -0.05) is 38.3 Å². The van der Waals surface area contributed by atoms with Gasteiger partial charge in [-0.15, -0.1) is 0 Å². The first-order chi connectivity index (χ1) is 9.12. The standard InChI is InChI=1S/C15H23NO2S/c1-2-3-6-13-9-11-15(12-10-13)19(17,18)16-14-7-4-5-8-14/h9-12,14,16H,2-8H2,1H3. The molecule has 1 N–H and O–H groups in total. The number of nitrogens with one attached hydrogen (secondary N) is 1. The van der Waals surface area contributed by atoms with Crippen molar-refractivity contribution in [3.63, 3.8) is 0 Å². The van der Waals surface area contributed by atoms with Gasteiger partial charge in [0.1, 0.15) is 0 Å². The number of aryl methyl sites for hydroxylation is 1. The lowest BCUT2D eigenvalue weighted by molar-refractivity contribution is 0.552. The van der Waals surface area contributed by atoms with Crippen LogP contribution in [0.3, 0.4) is 0 Å². The molecule has 1 fully saturated rings. The van der Waals surface area contributed by atoms with Crippen LogP contribution in [0.2, 0.25) is 0 Å². The van der Waals surface area contributed by atoms with E-state index in [9.17, 15) is 8.42 Å². The third-order valence-corrected chi connectivity index (χ3v) is 5.27. The molecule has 0 aromatic heterocycles. The Hall–Kier alpha value is -0.870.